The number of hydrogen-bond donors (Lipinski definition) is 0. The van der Waals surface area contributed by atoms with Gasteiger partial charge in [-0.15, -0.1) is 0 Å². The van der Waals surface area contributed by atoms with Crippen molar-refractivity contribution in [2.45, 2.75) is 24.2 Å². The fraction of sp³-hybridized carbons (Fsp3) is 0.381. The van der Waals surface area contributed by atoms with Crippen LogP contribution in [0.4, 0.5) is 4.39 Å². The van der Waals surface area contributed by atoms with E-state index in [0.29, 0.717) is 24.0 Å². The average molecular weight is 483 g/mol. The molecule has 6 heteroatoms. The molecule has 0 saturated carbocycles. The van der Waals surface area contributed by atoms with E-state index in [9.17, 15) is 9.18 Å². The van der Waals surface area contributed by atoms with Gasteiger partial charge in [0.2, 0.25) is 11.4 Å². The SMILES string of the molecule is C[N+]1(C)CCC2(CC1)OC(=O)C(c1ccccc1)(c1ccc(F)cc1)O2.[I-]. The molecule has 0 bridgehead atoms. The first kappa shape index (κ1) is 20.2. The number of likely N-dealkylation sites (tertiary alicyclic amines) is 1. The molecule has 2 aliphatic heterocycles. The molecule has 4 nitrogen and oxygen atoms in total. The molecule has 0 aliphatic carbocycles. The van der Waals surface area contributed by atoms with Crippen molar-refractivity contribution in [1.29, 1.82) is 0 Å². The number of benzene rings is 2. The van der Waals surface area contributed by atoms with Gasteiger partial charge < -0.3 is 37.9 Å². The Labute approximate surface area is 175 Å². The fourth-order valence-corrected chi connectivity index (χ4v) is 3.85. The summed E-state index contributed by atoms with van der Waals surface area (Å²) in [5.74, 6) is -1.70. The van der Waals surface area contributed by atoms with Gasteiger partial charge >= 0.3 is 5.97 Å². The molecule has 1 spiro atoms. The van der Waals surface area contributed by atoms with Gasteiger partial charge in [0.25, 0.3) is 0 Å². The van der Waals surface area contributed by atoms with Crippen LogP contribution in [0.15, 0.2) is 54.6 Å². The van der Waals surface area contributed by atoms with Crippen LogP contribution in [0.25, 0.3) is 0 Å². The van der Waals surface area contributed by atoms with Crippen molar-refractivity contribution >= 4 is 5.97 Å². The third kappa shape index (κ3) is 3.50. The van der Waals surface area contributed by atoms with Crippen molar-refractivity contribution in [3.05, 3.63) is 71.5 Å². The number of carbonyl (C=O) groups is 1. The third-order valence-electron chi connectivity index (χ3n) is 5.53. The van der Waals surface area contributed by atoms with Gasteiger partial charge in [0.05, 0.1) is 40.0 Å². The molecular formula is C21H23FINO3. The predicted octanol–water partition coefficient (Wildman–Crippen LogP) is 0.213. The summed E-state index contributed by atoms with van der Waals surface area (Å²) in [6.07, 6.45) is 1.28. The fourth-order valence-electron chi connectivity index (χ4n) is 3.85. The van der Waals surface area contributed by atoms with Gasteiger partial charge in [0.1, 0.15) is 5.82 Å². The summed E-state index contributed by atoms with van der Waals surface area (Å²) in [5.41, 5.74) is -0.0669. The van der Waals surface area contributed by atoms with Crippen LogP contribution in [0.3, 0.4) is 0 Å². The average Bonchev–Trinajstić information content (AvgIpc) is 2.93. The van der Waals surface area contributed by atoms with Gasteiger partial charge in [-0.25, -0.2) is 9.18 Å². The summed E-state index contributed by atoms with van der Waals surface area (Å²) in [5, 5.41) is 0. The maximum absolute atomic E-state index is 13.5. The van der Waals surface area contributed by atoms with Crippen molar-refractivity contribution < 1.29 is 47.1 Å². The Morgan fingerprint density at radius 3 is 2.07 bits per heavy atom. The van der Waals surface area contributed by atoms with Crippen LogP contribution < -0.4 is 24.0 Å². The Balaban J connectivity index is 0.00000210. The number of halogens is 2. The number of nitrogens with zero attached hydrogens (tertiary/aromatic N) is 1. The molecule has 2 aliphatic rings. The van der Waals surface area contributed by atoms with Crippen molar-refractivity contribution in [1.82, 2.24) is 0 Å². The van der Waals surface area contributed by atoms with E-state index < -0.39 is 17.4 Å². The molecule has 0 aromatic heterocycles. The Kier molecular flexibility index (Phi) is 5.35. The highest BCUT2D eigenvalue weighted by Gasteiger charge is 2.61. The normalized spacial score (nSPS) is 25.7. The molecule has 1 unspecified atom stereocenters. The molecule has 2 fully saturated rings. The minimum Gasteiger partial charge on any atom is -1.00 e. The summed E-state index contributed by atoms with van der Waals surface area (Å²) in [7, 11) is 4.32. The Morgan fingerprint density at radius 1 is 0.926 bits per heavy atom. The highest BCUT2D eigenvalue weighted by molar-refractivity contribution is 5.87. The second kappa shape index (κ2) is 7.14. The van der Waals surface area contributed by atoms with Crippen LogP contribution in [0.5, 0.6) is 0 Å². The van der Waals surface area contributed by atoms with E-state index >= 15 is 0 Å². The Hall–Kier alpha value is -1.51. The molecule has 27 heavy (non-hydrogen) atoms. The zero-order valence-corrected chi connectivity index (χ0v) is 17.6. The van der Waals surface area contributed by atoms with Gasteiger partial charge in [-0.05, 0) is 23.3 Å². The summed E-state index contributed by atoms with van der Waals surface area (Å²) in [6.45, 7) is 1.73. The van der Waals surface area contributed by atoms with Crippen molar-refractivity contribution in [2.24, 2.45) is 0 Å². The quantitative estimate of drug-likeness (QED) is 0.349. The maximum Gasteiger partial charge on any atom is 0.350 e. The molecule has 1 atom stereocenters. The second-order valence-corrected chi connectivity index (χ2v) is 7.84. The van der Waals surface area contributed by atoms with Crippen LogP contribution >= 0.6 is 0 Å². The van der Waals surface area contributed by atoms with Crippen molar-refractivity contribution in [3.63, 3.8) is 0 Å². The minimum atomic E-state index is -1.36. The first-order valence-corrected chi connectivity index (χ1v) is 8.93. The van der Waals surface area contributed by atoms with E-state index in [-0.39, 0.29) is 29.8 Å². The largest absolute Gasteiger partial charge is 1.00 e. The summed E-state index contributed by atoms with van der Waals surface area (Å²) in [4.78, 5) is 13.2. The zero-order valence-electron chi connectivity index (χ0n) is 15.5. The van der Waals surface area contributed by atoms with Gasteiger partial charge in [-0.3, -0.25) is 0 Å². The Morgan fingerprint density at radius 2 is 1.48 bits per heavy atom. The molecule has 0 radical (unpaired) electrons. The van der Waals surface area contributed by atoms with Gasteiger partial charge in [-0.2, -0.15) is 0 Å². The summed E-state index contributed by atoms with van der Waals surface area (Å²) in [6, 6.07) is 15.2. The number of esters is 1. The second-order valence-electron chi connectivity index (χ2n) is 7.84. The molecule has 0 amide bonds. The van der Waals surface area contributed by atoms with E-state index in [1.165, 1.54) is 12.1 Å². The monoisotopic (exact) mass is 483 g/mol. The molecule has 4 rings (SSSR count). The van der Waals surface area contributed by atoms with Gasteiger partial charge in [0, 0.05) is 0 Å². The first-order valence-electron chi connectivity index (χ1n) is 8.93. The highest BCUT2D eigenvalue weighted by Crippen LogP contribution is 2.49. The summed E-state index contributed by atoms with van der Waals surface area (Å²) >= 11 is 0. The summed E-state index contributed by atoms with van der Waals surface area (Å²) < 4.78 is 26.7. The van der Waals surface area contributed by atoms with Crippen LogP contribution in [-0.2, 0) is 19.9 Å². The lowest BCUT2D eigenvalue weighted by atomic mass is 9.86. The molecule has 0 N–H and O–H groups in total. The van der Waals surface area contributed by atoms with Crippen LogP contribution in [0.1, 0.15) is 24.0 Å². The number of carbonyl (C=O) groups excluding carboxylic acids is 1. The van der Waals surface area contributed by atoms with Crippen LogP contribution in [-0.4, -0.2) is 43.4 Å². The number of quaternary nitrogens is 1. The van der Waals surface area contributed by atoms with Crippen LogP contribution in [0.2, 0.25) is 0 Å². The van der Waals surface area contributed by atoms with Crippen LogP contribution in [0, 0.1) is 5.82 Å². The van der Waals surface area contributed by atoms with E-state index in [1.807, 2.05) is 30.3 Å². The maximum atomic E-state index is 13.5. The van der Waals surface area contributed by atoms with Gasteiger partial charge in [-0.1, -0.05) is 42.5 Å². The lowest BCUT2D eigenvalue weighted by molar-refractivity contribution is -0.898. The number of rotatable bonds is 2. The third-order valence-corrected chi connectivity index (χ3v) is 5.53. The number of hydrogen-bond acceptors (Lipinski definition) is 3. The van der Waals surface area contributed by atoms with Gasteiger partial charge in [0.15, 0.2) is 0 Å². The number of piperidine rings is 1. The molecule has 2 aromatic carbocycles. The van der Waals surface area contributed by atoms with E-state index in [1.54, 1.807) is 12.1 Å². The standard InChI is InChI=1S/C21H23FNO3.HI/c1-23(2)14-12-20(13-15-23)25-19(24)21(26-20,16-6-4-3-5-7-16)17-8-10-18(22)11-9-17;/h3-11H,12-15H2,1-2H3;1H/q+1;/p-1. The molecule has 2 aromatic rings. The minimum absolute atomic E-state index is 0. The highest BCUT2D eigenvalue weighted by atomic mass is 127. The van der Waals surface area contributed by atoms with Crippen molar-refractivity contribution in [2.75, 3.05) is 27.2 Å². The predicted molar refractivity (Wildman–Crippen MR) is 94.6 cm³/mol. The molecular weight excluding hydrogens is 460 g/mol. The van der Waals surface area contributed by atoms with E-state index in [4.69, 9.17) is 9.47 Å². The van der Waals surface area contributed by atoms with Crippen molar-refractivity contribution in [3.8, 4) is 0 Å². The number of ether oxygens (including phenoxy) is 2. The first-order chi connectivity index (χ1) is 12.4. The lowest BCUT2D eigenvalue weighted by Crippen LogP contribution is -3.00. The zero-order chi connectivity index (χ0) is 18.4. The lowest BCUT2D eigenvalue weighted by Gasteiger charge is -2.41. The molecule has 2 heterocycles. The smallest absolute Gasteiger partial charge is 0.350 e. The molecule has 144 valence electrons. The van der Waals surface area contributed by atoms with E-state index in [0.717, 1.165) is 17.6 Å². The topological polar surface area (TPSA) is 35.5 Å². The molecule has 2 saturated heterocycles. The van der Waals surface area contributed by atoms with E-state index in [2.05, 4.69) is 14.1 Å². The Bertz CT molecular complexity index is 815.